The molecule has 1 fully saturated rings. The predicted octanol–water partition coefficient (Wildman–Crippen LogP) is 2.12. The normalized spacial score (nSPS) is 15.2. The number of esters is 1. The maximum Gasteiger partial charge on any atom is 0.488 e. The van der Waals surface area contributed by atoms with Gasteiger partial charge in [0.1, 0.15) is 11.4 Å². The molecule has 1 amide bonds. The Morgan fingerprint density at radius 3 is 2.18 bits per heavy atom. The van der Waals surface area contributed by atoms with Crippen LogP contribution in [0, 0.1) is 0 Å². The second kappa shape index (κ2) is 8.21. The molecule has 0 spiro atoms. The van der Waals surface area contributed by atoms with Crippen molar-refractivity contribution >= 4 is 28.3 Å². The molecule has 0 saturated carbocycles. The lowest BCUT2D eigenvalue weighted by molar-refractivity contribution is 0.0240. The number of carbonyl (C=O) groups excluding carboxylic acids is 2. The van der Waals surface area contributed by atoms with Gasteiger partial charge in [-0.25, -0.2) is 9.59 Å². The number of piperazine rings is 1. The number of halogens is 1. The zero-order chi connectivity index (χ0) is 21.1. The standard InChI is InChI=1S/C17H23FN2O7S/c1-17(2,3)26-16(22)20-7-5-19(6-8-20)13-9-12(15(21)25-4)10-14(11-13)27-28(18,23)24/h9-11H,5-8H2,1-4H3. The SMILES string of the molecule is COC(=O)c1cc(OS(=O)(=O)F)cc(N2CCN(C(=O)OC(C)(C)C)CC2)c1. The van der Waals surface area contributed by atoms with Crippen molar-refractivity contribution in [2.24, 2.45) is 0 Å². The second-order valence-corrected chi connectivity index (χ2v) is 8.09. The summed E-state index contributed by atoms with van der Waals surface area (Å²) in [5.74, 6) is -1.08. The molecule has 156 valence electrons. The van der Waals surface area contributed by atoms with Crippen molar-refractivity contribution in [2.45, 2.75) is 26.4 Å². The quantitative estimate of drug-likeness (QED) is 0.541. The summed E-state index contributed by atoms with van der Waals surface area (Å²) in [6.45, 7) is 6.83. The molecule has 0 radical (unpaired) electrons. The molecule has 0 atom stereocenters. The van der Waals surface area contributed by atoms with E-state index in [-0.39, 0.29) is 11.3 Å². The lowest BCUT2D eigenvalue weighted by Crippen LogP contribution is -2.50. The van der Waals surface area contributed by atoms with Crippen molar-refractivity contribution in [1.29, 1.82) is 0 Å². The average molecular weight is 418 g/mol. The van der Waals surface area contributed by atoms with E-state index in [9.17, 15) is 21.9 Å². The summed E-state index contributed by atoms with van der Waals surface area (Å²) < 4.78 is 48.7. The summed E-state index contributed by atoms with van der Waals surface area (Å²) >= 11 is 0. The Bertz CT molecular complexity index is 844. The third kappa shape index (κ3) is 6.25. The largest absolute Gasteiger partial charge is 0.488 e. The summed E-state index contributed by atoms with van der Waals surface area (Å²) in [4.78, 5) is 27.3. The van der Waals surface area contributed by atoms with Crippen LogP contribution >= 0.6 is 0 Å². The van der Waals surface area contributed by atoms with Crippen molar-refractivity contribution in [1.82, 2.24) is 4.90 Å². The fourth-order valence-corrected chi connectivity index (χ4v) is 2.96. The second-order valence-electron chi connectivity index (χ2n) is 7.14. The molecular formula is C17H23FN2O7S. The molecule has 9 nitrogen and oxygen atoms in total. The van der Waals surface area contributed by atoms with E-state index in [1.165, 1.54) is 19.2 Å². The number of hydrogen-bond acceptors (Lipinski definition) is 8. The molecule has 0 bridgehead atoms. The highest BCUT2D eigenvalue weighted by Crippen LogP contribution is 2.27. The minimum absolute atomic E-state index is 0.00761. The van der Waals surface area contributed by atoms with Crippen LogP contribution in [0.25, 0.3) is 0 Å². The summed E-state index contributed by atoms with van der Waals surface area (Å²) in [6, 6.07) is 3.85. The number of carbonyl (C=O) groups is 2. The lowest BCUT2D eigenvalue weighted by atomic mass is 10.1. The lowest BCUT2D eigenvalue weighted by Gasteiger charge is -2.36. The van der Waals surface area contributed by atoms with Gasteiger partial charge in [-0.3, -0.25) is 0 Å². The van der Waals surface area contributed by atoms with E-state index in [2.05, 4.69) is 8.92 Å². The molecule has 0 aromatic heterocycles. The first-order valence-corrected chi connectivity index (χ1v) is 9.79. The fourth-order valence-electron chi connectivity index (χ4n) is 2.64. The maximum absolute atomic E-state index is 12.9. The molecular weight excluding hydrogens is 395 g/mol. The first kappa shape index (κ1) is 21.7. The van der Waals surface area contributed by atoms with E-state index in [0.717, 1.165) is 6.07 Å². The van der Waals surface area contributed by atoms with E-state index in [0.29, 0.717) is 31.9 Å². The third-order valence-corrected chi connectivity index (χ3v) is 4.20. The highest BCUT2D eigenvalue weighted by molar-refractivity contribution is 7.81. The number of nitrogens with zero attached hydrogens (tertiary/aromatic N) is 2. The number of benzene rings is 1. The molecule has 11 heteroatoms. The van der Waals surface area contributed by atoms with Gasteiger partial charge in [-0.05, 0) is 32.9 Å². The number of rotatable bonds is 4. The third-order valence-electron chi connectivity index (χ3n) is 3.80. The molecule has 0 N–H and O–H groups in total. The maximum atomic E-state index is 12.9. The van der Waals surface area contributed by atoms with Crippen LogP contribution in [0.3, 0.4) is 0 Å². The Kier molecular flexibility index (Phi) is 6.37. The number of anilines is 1. The smallest absolute Gasteiger partial charge is 0.465 e. The molecule has 1 aliphatic heterocycles. The number of ether oxygens (including phenoxy) is 2. The highest BCUT2D eigenvalue weighted by atomic mass is 32.3. The van der Waals surface area contributed by atoms with Crippen LogP contribution in [0.2, 0.25) is 0 Å². The molecule has 28 heavy (non-hydrogen) atoms. The van der Waals surface area contributed by atoms with Crippen LogP contribution in [0.1, 0.15) is 31.1 Å². The summed E-state index contributed by atoms with van der Waals surface area (Å²) in [7, 11) is -4.08. The van der Waals surface area contributed by atoms with Crippen molar-refractivity contribution in [3.8, 4) is 5.75 Å². The van der Waals surface area contributed by atoms with Gasteiger partial charge in [-0.15, -0.1) is 0 Å². The first-order chi connectivity index (χ1) is 12.9. The zero-order valence-electron chi connectivity index (χ0n) is 16.1. The van der Waals surface area contributed by atoms with E-state index in [1.54, 1.807) is 25.7 Å². The monoisotopic (exact) mass is 418 g/mol. The van der Waals surface area contributed by atoms with Crippen molar-refractivity contribution in [3.63, 3.8) is 0 Å². The van der Waals surface area contributed by atoms with Crippen molar-refractivity contribution < 1.29 is 35.5 Å². The molecule has 1 aliphatic rings. The zero-order valence-corrected chi connectivity index (χ0v) is 16.9. The Morgan fingerprint density at radius 2 is 1.68 bits per heavy atom. The van der Waals surface area contributed by atoms with Crippen LogP contribution < -0.4 is 9.08 Å². The predicted molar refractivity (Wildman–Crippen MR) is 98.5 cm³/mol. The number of methoxy groups -OCH3 is 1. The highest BCUT2D eigenvalue weighted by Gasteiger charge is 2.27. The van der Waals surface area contributed by atoms with Gasteiger partial charge in [0.2, 0.25) is 0 Å². The Hall–Kier alpha value is -2.56. The van der Waals surface area contributed by atoms with Crippen LogP contribution in [-0.2, 0) is 20.0 Å². The molecule has 2 rings (SSSR count). The summed E-state index contributed by atoms with van der Waals surface area (Å²) in [6.07, 6.45) is -0.428. The Balaban J connectivity index is 2.18. The molecule has 1 aromatic carbocycles. The van der Waals surface area contributed by atoms with Crippen LogP contribution in [0.5, 0.6) is 5.75 Å². The van der Waals surface area contributed by atoms with E-state index >= 15 is 0 Å². The van der Waals surface area contributed by atoms with Gasteiger partial charge in [0.05, 0.1) is 12.7 Å². The molecule has 1 heterocycles. The molecule has 0 unspecified atom stereocenters. The van der Waals surface area contributed by atoms with E-state index in [1.807, 2.05) is 4.90 Å². The average Bonchev–Trinajstić information content (AvgIpc) is 2.58. The first-order valence-electron chi connectivity index (χ1n) is 8.48. The van der Waals surface area contributed by atoms with Gasteiger partial charge in [0.25, 0.3) is 0 Å². The van der Waals surface area contributed by atoms with Crippen LogP contribution in [-0.4, -0.2) is 64.3 Å². The van der Waals surface area contributed by atoms with E-state index in [4.69, 9.17) is 4.74 Å². The number of hydrogen-bond donors (Lipinski definition) is 0. The topological polar surface area (TPSA) is 102 Å². The van der Waals surface area contributed by atoms with Gasteiger partial charge >= 0.3 is 22.6 Å². The van der Waals surface area contributed by atoms with Gasteiger partial charge < -0.3 is 23.5 Å². The van der Waals surface area contributed by atoms with Gasteiger partial charge in [-0.1, -0.05) is 3.89 Å². The molecule has 0 aliphatic carbocycles. The van der Waals surface area contributed by atoms with Gasteiger partial charge in [-0.2, -0.15) is 8.42 Å². The van der Waals surface area contributed by atoms with Crippen LogP contribution in [0.15, 0.2) is 18.2 Å². The van der Waals surface area contributed by atoms with E-state index < -0.39 is 28.2 Å². The molecule has 1 aromatic rings. The Morgan fingerprint density at radius 1 is 1.07 bits per heavy atom. The minimum Gasteiger partial charge on any atom is -0.465 e. The van der Waals surface area contributed by atoms with Gasteiger partial charge in [0, 0.05) is 37.9 Å². The Labute approximate surface area is 163 Å². The van der Waals surface area contributed by atoms with Crippen molar-refractivity contribution in [3.05, 3.63) is 23.8 Å². The summed E-state index contributed by atoms with van der Waals surface area (Å²) in [5, 5.41) is 0. The van der Waals surface area contributed by atoms with Gasteiger partial charge in [0.15, 0.2) is 0 Å². The number of amides is 1. The summed E-state index contributed by atoms with van der Waals surface area (Å²) in [5.41, 5.74) is -0.161. The minimum atomic E-state index is -5.25. The van der Waals surface area contributed by atoms with Crippen molar-refractivity contribution in [2.75, 3.05) is 38.2 Å². The molecule has 1 saturated heterocycles. The fraction of sp³-hybridized carbons (Fsp3) is 0.529. The van der Waals surface area contributed by atoms with Crippen LogP contribution in [0.4, 0.5) is 14.4 Å².